The second kappa shape index (κ2) is 5.17. The van der Waals surface area contributed by atoms with Crippen molar-refractivity contribution in [1.29, 1.82) is 5.26 Å². The molecule has 0 aromatic carbocycles. The molecule has 2 aliphatic rings. The van der Waals surface area contributed by atoms with E-state index in [1.165, 1.54) is 6.20 Å². The van der Waals surface area contributed by atoms with Crippen LogP contribution in [0.15, 0.2) is 12.3 Å². The van der Waals surface area contributed by atoms with Crippen molar-refractivity contribution in [1.82, 2.24) is 9.88 Å². The summed E-state index contributed by atoms with van der Waals surface area (Å²) in [5, 5.41) is 9.28. The molecule has 2 saturated heterocycles. The summed E-state index contributed by atoms with van der Waals surface area (Å²) < 4.78 is 4.96. The minimum Gasteiger partial charge on any atom is -0.448 e. The van der Waals surface area contributed by atoms with Crippen LogP contribution in [-0.4, -0.2) is 48.3 Å². The highest BCUT2D eigenvalue weighted by atomic mass is 35.5. The molecule has 0 radical (unpaired) electrons. The highest BCUT2D eigenvalue weighted by molar-refractivity contribution is 6.33. The molecule has 20 heavy (non-hydrogen) atoms. The number of carbonyl (C=O) groups is 1. The van der Waals surface area contributed by atoms with Gasteiger partial charge in [0, 0.05) is 19.3 Å². The summed E-state index contributed by atoms with van der Waals surface area (Å²) >= 11 is 6.16. The van der Waals surface area contributed by atoms with E-state index in [2.05, 4.69) is 4.98 Å². The highest BCUT2D eigenvalue weighted by Gasteiger charge is 2.35. The maximum Gasteiger partial charge on any atom is 0.410 e. The number of pyridine rings is 1. The average molecular weight is 293 g/mol. The molecular formula is C13H13ClN4O2. The molecule has 2 aliphatic heterocycles. The molecule has 0 N–H and O–H groups in total. The van der Waals surface area contributed by atoms with E-state index in [1.807, 2.05) is 11.0 Å². The molecule has 0 saturated carbocycles. The summed E-state index contributed by atoms with van der Waals surface area (Å²) in [4.78, 5) is 19.6. The van der Waals surface area contributed by atoms with Gasteiger partial charge in [-0.15, -0.1) is 0 Å². The number of hydrogen-bond donors (Lipinski definition) is 0. The second-order valence-electron chi connectivity index (χ2n) is 4.84. The Morgan fingerprint density at radius 3 is 3.00 bits per heavy atom. The fourth-order valence-electron chi connectivity index (χ4n) is 2.65. The summed E-state index contributed by atoms with van der Waals surface area (Å²) in [5.41, 5.74) is 0.442. The van der Waals surface area contributed by atoms with Gasteiger partial charge in [0.05, 0.1) is 23.2 Å². The smallest absolute Gasteiger partial charge is 0.410 e. The summed E-state index contributed by atoms with van der Waals surface area (Å²) in [5.74, 6) is 0.667. The molecule has 0 bridgehead atoms. The zero-order valence-corrected chi connectivity index (χ0v) is 11.5. The predicted molar refractivity (Wildman–Crippen MR) is 72.6 cm³/mol. The van der Waals surface area contributed by atoms with Crippen LogP contribution in [0.1, 0.15) is 12.0 Å². The summed E-state index contributed by atoms with van der Waals surface area (Å²) in [6.07, 6.45) is 2.14. The molecule has 0 aliphatic carbocycles. The standard InChI is InChI=1S/C13H13ClN4O2/c14-11-5-9(6-15)7-16-12(11)17-2-1-10(8-17)18-3-4-20-13(18)19/h5,7,10H,1-4,8H2. The highest BCUT2D eigenvalue weighted by Crippen LogP contribution is 2.29. The van der Waals surface area contributed by atoms with Gasteiger partial charge in [-0.2, -0.15) is 5.26 Å². The topological polar surface area (TPSA) is 69.5 Å². The minimum absolute atomic E-state index is 0.138. The van der Waals surface area contributed by atoms with Gasteiger partial charge in [0.25, 0.3) is 0 Å². The molecule has 1 unspecified atom stereocenters. The molecule has 1 amide bonds. The number of cyclic esters (lactones) is 1. The molecule has 104 valence electrons. The number of ether oxygens (including phenoxy) is 1. The molecule has 3 heterocycles. The molecular weight excluding hydrogens is 280 g/mol. The Morgan fingerprint density at radius 2 is 2.35 bits per heavy atom. The molecule has 1 aromatic heterocycles. The fraction of sp³-hybridized carbons (Fsp3) is 0.462. The maximum absolute atomic E-state index is 11.6. The van der Waals surface area contributed by atoms with Crippen molar-refractivity contribution in [3.05, 3.63) is 22.8 Å². The van der Waals surface area contributed by atoms with Crippen LogP contribution in [0.3, 0.4) is 0 Å². The number of aromatic nitrogens is 1. The van der Waals surface area contributed by atoms with Crippen molar-refractivity contribution >= 4 is 23.5 Å². The Labute approximate surface area is 121 Å². The SMILES string of the molecule is N#Cc1cnc(N2CCC(N3CCOC3=O)C2)c(Cl)c1. The number of rotatable bonds is 2. The van der Waals surface area contributed by atoms with Crippen LogP contribution < -0.4 is 4.90 Å². The average Bonchev–Trinajstić information content (AvgIpc) is 3.07. The largest absolute Gasteiger partial charge is 0.448 e. The van der Waals surface area contributed by atoms with E-state index in [1.54, 1.807) is 11.0 Å². The van der Waals surface area contributed by atoms with Crippen LogP contribution in [0.2, 0.25) is 5.02 Å². The number of hydrogen-bond acceptors (Lipinski definition) is 5. The summed E-state index contributed by atoms with van der Waals surface area (Å²) in [6.45, 7) is 2.58. The van der Waals surface area contributed by atoms with Gasteiger partial charge in [0.15, 0.2) is 0 Å². The molecule has 0 spiro atoms. The Bertz CT molecular complexity index is 586. The molecule has 7 heteroatoms. The molecule has 1 aromatic rings. The van der Waals surface area contributed by atoms with Gasteiger partial charge < -0.3 is 9.64 Å². The first-order chi connectivity index (χ1) is 9.69. The van der Waals surface area contributed by atoms with Crippen molar-refractivity contribution in [2.24, 2.45) is 0 Å². The second-order valence-corrected chi connectivity index (χ2v) is 5.24. The summed E-state index contributed by atoms with van der Waals surface area (Å²) in [6, 6.07) is 3.76. The van der Waals surface area contributed by atoms with Crippen LogP contribution in [0.5, 0.6) is 0 Å². The lowest BCUT2D eigenvalue weighted by atomic mass is 10.2. The van der Waals surface area contributed by atoms with E-state index in [4.69, 9.17) is 21.6 Å². The first-order valence-electron chi connectivity index (χ1n) is 6.43. The lowest BCUT2D eigenvalue weighted by Gasteiger charge is -2.22. The Balaban J connectivity index is 1.74. The number of amides is 1. The molecule has 3 rings (SSSR count). The van der Waals surface area contributed by atoms with E-state index in [-0.39, 0.29) is 12.1 Å². The van der Waals surface area contributed by atoms with Crippen molar-refractivity contribution in [3.63, 3.8) is 0 Å². The van der Waals surface area contributed by atoms with Gasteiger partial charge in [-0.05, 0) is 12.5 Å². The Morgan fingerprint density at radius 1 is 1.50 bits per heavy atom. The van der Waals surface area contributed by atoms with Gasteiger partial charge in [0.2, 0.25) is 0 Å². The van der Waals surface area contributed by atoms with Gasteiger partial charge in [-0.25, -0.2) is 9.78 Å². The van der Waals surface area contributed by atoms with Crippen molar-refractivity contribution in [3.8, 4) is 6.07 Å². The number of anilines is 1. The van der Waals surface area contributed by atoms with Crippen LogP contribution in [-0.2, 0) is 4.74 Å². The van der Waals surface area contributed by atoms with Gasteiger partial charge in [0.1, 0.15) is 18.5 Å². The lowest BCUT2D eigenvalue weighted by Crippen LogP contribution is -2.38. The van der Waals surface area contributed by atoms with E-state index in [0.717, 1.165) is 13.0 Å². The van der Waals surface area contributed by atoms with E-state index in [0.29, 0.717) is 36.1 Å². The lowest BCUT2D eigenvalue weighted by molar-refractivity contribution is 0.150. The first kappa shape index (κ1) is 13.0. The number of nitrogens with zero attached hydrogens (tertiary/aromatic N) is 4. The zero-order valence-electron chi connectivity index (χ0n) is 10.8. The van der Waals surface area contributed by atoms with Crippen LogP contribution >= 0.6 is 11.6 Å². The van der Waals surface area contributed by atoms with Crippen LogP contribution in [0.4, 0.5) is 10.6 Å². The van der Waals surface area contributed by atoms with Crippen molar-refractivity contribution in [2.75, 3.05) is 31.1 Å². The van der Waals surface area contributed by atoms with Crippen LogP contribution in [0, 0.1) is 11.3 Å². The maximum atomic E-state index is 11.6. The van der Waals surface area contributed by atoms with Crippen molar-refractivity contribution in [2.45, 2.75) is 12.5 Å². The van der Waals surface area contributed by atoms with Gasteiger partial charge >= 0.3 is 6.09 Å². The zero-order chi connectivity index (χ0) is 14.1. The molecule has 6 nitrogen and oxygen atoms in total. The van der Waals surface area contributed by atoms with E-state index in [9.17, 15) is 4.79 Å². The number of carbonyl (C=O) groups excluding carboxylic acids is 1. The number of nitriles is 1. The summed E-state index contributed by atoms with van der Waals surface area (Å²) in [7, 11) is 0. The monoisotopic (exact) mass is 292 g/mol. The third-order valence-electron chi connectivity index (χ3n) is 3.65. The van der Waals surface area contributed by atoms with E-state index < -0.39 is 0 Å². The molecule has 2 fully saturated rings. The molecule has 1 atom stereocenters. The van der Waals surface area contributed by atoms with Crippen molar-refractivity contribution < 1.29 is 9.53 Å². The Hall–Kier alpha value is -2.00. The normalized spacial score (nSPS) is 22.0. The minimum atomic E-state index is -0.240. The quantitative estimate of drug-likeness (QED) is 0.829. The van der Waals surface area contributed by atoms with Crippen LogP contribution in [0.25, 0.3) is 0 Å². The van der Waals surface area contributed by atoms with Gasteiger partial charge in [-0.3, -0.25) is 4.90 Å². The number of halogens is 1. The predicted octanol–water partition coefficient (Wildman–Crippen LogP) is 1.64. The Kier molecular flexibility index (Phi) is 3.36. The third-order valence-corrected chi connectivity index (χ3v) is 3.92. The van der Waals surface area contributed by atoms with Gasteiger partial charge in [-0.1, -0.05) is 11.6 Å². The van der Waals surface area contributed by atoms with E-state index >= 15 is 0 Å². The fourth-order valence-corrected chi connectivity index (χ4v) is 2.94. The third kappa shape index (κ3) is 2.25. The first-order valence-corrected chi connectivity index (χ1v) is 6.81.